The van der Waals surface area contributed by atoms with Gasteiger partial charge in [-0.2, -0.15) is 0 Å². The van der Waals surface area contributed by atoms with Gasteiger partial charge in [0.2, 0.25) is 5.75 Å². The van der Waals surface area contributed by atoms with Gasteiger partial charge in [-0.25, -0.2) is 4.98 Å². The summed E-state index contributed by atoms with van der Waals surface area (Å²) in [5.74, 6) is 2.64. The summed E-state index contributed by atoms with van der Waals surface area (Å²) in [6.07, 6.45) is 1.75. The van der Waals surface area contributed by atoms with E-state index in [4.69, 9.17) is 14.2 Å². The van der Waals surface area contributed by atoms with E-state index in [0.29, 0.717) is 17.2 Å². The zero-order chi connectivity index (χ0) is 14.5. The van der Waals surface area contributed by atoms with Crippen LogP contribution in [0.4, 0.5) is 11.5 Å². The second kappa shape index (κ2) is 6.14. The molecule has 0 amide bonds. The van der Waals surface area contributed by atoms with E-state index in [1.165, 1.54) is 0 Å². The zero-order valence-electron chi connectivity index (χ0n) is 12.1. The topological polar surface area (TPSA) is 43.8 Å². The molecule has 0 fully saturated rings. The van der Waals surface area contributed by atoms with Crippen LogP contribution < -0.4 is 19.1 Å². The fraction of sp³-hybridized carbons (Fsp3) is 0.267. The standard InChI is InChI=1S/C15H18N2O3/c1-17(14-7-5-6-8-16-14)11-9-12(18-2)15(20-4)13(10-11)19-3/h5-10H,1-4H3. The molecule has 2 rings (SSSR count). The van der Waals surface area contributed by atoms with E-state index in [-0.39, 0.29) is 0 Å². The third-order valence-corrected chi connectivity index (χ3v) is 3.03. The van der Waals surface area contributed by atoms with E-state index in [2.05, 4.69) is 4.98 Å². The Morgan fingerprint density at radius 2 is 1.60 bits per heavy atom. The first-order valence-corrected chi connectivity index (χ1v) is 6.16. The average molecular weight is 274 g/mol. The van der Waals surface area contributed by atoms with E-state index >= 15 is 0 Å². The molecule has 0 spiro atoms. The zero-order valence-corrected chi connectivity index (χ0v) is 12.1. The lowest BCUT2D eigenvalue weighted by atomic mass is 10.2. The van der Waals surface area contributed by atoms with Crippen LogP contribution in [0.25, 0.3) is 0 Å². The molecule has 0 bridgehead atoms. The van der Waals surface area contributed by atoms with Gasteiger partial charge in [-0.15, -0.1) is 0 Å². The number of methoxy groups -OCH3 is 3. The molecular formula is C15H18N2O3. The smallest absolute Gasteiger partial charge is 0.203 e. The van der Waals surface area contributed by atoms with Crippen molar-refractivity contribution in [2.45, 2.75) is 0 Å². The van der Waals surface area contributed by atoms with Gasteiger partial charge in [-0.05, 0) is 12.1 Å². The molecule has 0 radical (unpaired) electrons. The van der Waals surface area contributed by atoms with Crippen molar-refractivity contribution in [3.8, 4) is 17.2 Å². The predicted octanol–water partition coefficient (Wildman–Crippen LogP) is 2.88. The number of rotatable bonds is 5. The van der Waals surface area contributed by atoms with Crippen molar-refractivity contribution >= 4 is 11.5 Å². The first kappa shape index (κ1) is 14.0. The van der Waals surface area contributed by atoms with Crippen LogP contribution in [0.1, 0.15) is 0 Å². The number of pyridine rings is 1. The molecule has 20 heavy (non-hydrogen) atoms. The molecule has 0 unspecified atom stereocenters. The predicted molar refractivity (Wildman–Crippen MR) is 78.4 cm³/mol. The molecule has 1 aromatic carbocycles. The molecule has 2 aromatic rings. The molecule has 0 saturated carbocycles. The van der Waals surface area contributed by atoms with Crippen molar-refractivity contribution in [1.29, 1.82) is 0 Å². The highest BCUT2D eigenvalue weighted by atomic mass is 16.5. The fourth-order valence-corrected chi connectivity index (χ4v) is 1.95. The minimum absolute atomic E-state index is 0.577. The third kappa shape index (κ3) is 2.61. The van der Waals surface area contributed by atoms with Crippen LogP contribution in [0.5, 0.6) is 17.2 Å². The molecule has 1 aromatic heterocycles. The molecule has 0 saturated heterocycles. The first-order chi connectivity index (χ1) is 9.71. The molecule has 0 aliphatic rings. The normalized spacial score (nSPS) is 10.0. The Morgan fingerprint density at radius 3 is 2.05 bits per heavy atom. The summed E-state index contributed by atoms with van der Waals surface area (Å²) < 4.78 is 16.0. The number of benzene rings is 1. The van der Waals surface area contributed by atoms with E-state index in [1.54, 1.807) is 27.5 Å². The molecule has 106 valence electrons. The lowest BCUT2D eigenvalue weighted by molar-refractivity contribution is 0.324. The van der Waals surface area contributed by atoms with Crippen molar-refractivity contribution in [1.82, 2.24) is 4.98 Å². The lowest BCUT2D eigenvalue weighted by Crippen LogP contribution is -2.11. The van der Waals surface area contributed by atoms with E-state index in [1.807, 2.05) is 42.3 Å². The van der Waals surface area contributed by atoms with Crippen LogP contribution in [-0.4, -0.2) is 33.4 Å². The van der Waals surface area contributed by atoms with E-state index in [9.17, 15) is 0 Å². The summed E-state index contributed by atoms with van der Waals surface area (Å²) in [7, 11) is 6.72. The molecule has 1 heterocycles. The molecule has 0 aliphatic carbocycles. The largest absolute Gasteiger partial charge is 0.493 e. The number of nitrogens with zero attached hydrogens (tertiary/aromatic N) is 2. The maximum Gasteiger partial charge on any atom is 0.203 e. The Labute approximate surface area is 118 Å². The van der Waals surface area contributed by atoms with Gasteiger partial charge in [0.25, 0.3) is 0 Å². The summed E-state index contributed by atoms with van der Waals surface area (Å²) in [5.41, 5.74) is 0.901. The van der Waals surface area contributed by atoms with Crippen LogP contribution in [-0.2, 0) is 0 Å². The Morgan fingerprint density at radius 1 is 0.950 bits per heavy atom. The second-order valence-electron chi connectivity index (χ2n) is 4.13. The number of hydrogen-bond acceptors (Lipinski definition) is 5. The summed E-state index contributed by atoms with van der Waals surface area (Å²) in [6.45, 7) is 0. The third-order valence-electron chi connectivity index (χ3n) is 3.03. The average Bonchev–Trinajstić information content (AvgIpc) is 2.53. The highest BCUT2D eigenvalue weighted by molar-refractivity contribution is 5.68. The van der Waals surface area contributed by atoms with Crippen LogP contribution in [0.2, 0.25) is 0 Å². The fourth-order valence-electron chi connectivity index (χ4n) is 1.95. The Bertz CT molecular complexity index is 548. The van der Waals surface area contributed by atoms with Crippen molar-refractivity contribution in [3.63, 3.8) is 0 Å². The van der Waals surface area contributed by atoms with Gasteiger partial charge in [0.15, 0.2) is 11.5 Å². The minimum Gasteiger partial charge on any atom is -0.493 e. The van der Waals surface area contributed by atoms with Crippen LogP contribution in [0, 0.1) is 0 Å². The quantitative estimate of drug-likeness (QED) is 0.838. The first-order valence-electron chi connectivity index (χ1n) is 6.16. The van der Waals surface area contributed by atoms with Crippen molar-refractivity contribution < 1.29 is 14.2 Å². The molecule has 0 N–H and O–H groups in total. The minimum atomic E-state index is 0.577. The monoisotopic (exact) mass is 274 g/mol. The Kier molecular flexibility index (Phi) is 4.30. The van der Waals surface area contributed by atoms with Gasteiger partial charge >= 0.3 is 0 Å². The van der Waals surface area contributed by atoms with Gasteiger partial charge in [-0.3, -0.25) is 0 Å². The number of ether oxygens (including phenoxy) is 3. The molecular weight excluding hydrogens is 256 g/mol. The lowest BCUT2D eigenvalue weighted by Gasteiger charge is -2.21. The highest BCUT2D eigenvalue weighted by Crippen LogP contribution is 2.41. The maximum absolute atomic E-state index is 5.35. The maximum atomic E-state index is 5.35. The van der Waals surface area contributed by atoms with Crippen LogP contribution >= 0.6 is 0 Å². The number of aromatic nitrogens is 1. The molecule has 0 atom stereocenters. The second-order valence-corrected chi connectivity index (χ2v) is 4.13. The van der Waals surface area contributed by atoms with Gasteiger partial charge in [0, 0.05) is 31.1 Å². The van der Waals surface area contributed by atoms with Gasteiger partial charge in [0.05, 0.1) is 21.3 Å². The van der Waals surface area contributed by atoms with Crippen molar-refractivity contribution in [2.24, 2.45) is 0 Å². The number of anilines is 2. The highest BCUT2D eigenvalue weighted by Gasteiger charge is 2.16. The molecule has 0 aliphatic heterocycles. The van der Waals surface area contributed by atoms with Gasteiger partial charge < -0.3 is 19.1 Å². The van der Waals surface area contributed by atoms with Gasteiger partial charge in [-0.1, -0.05) is 6.07 Å². The Balaban J connectivity index is 2.47. The summed E-state index contributed by atoms with van der Waals surface area (Å²) >= 11 is 0. The van der Waals surface area contributed by atoms with Gasteiger partial charge in [0.1, 0.15) is 5.82 Å². The van der Waals surface area contributed by atoms with Crippen LogP contribution in [0.3, 0.4) is 0 Å². The number of hydrogen-bond donors (Lipinski definition) is 0. The summed E-state index contributed by atoms with van der Waals surface area (Å²) in [5, 5.41) is 0. The Hall–Kier alpha value is -2.43. The molecule has 5 heteroatoms. The van der Waals surface area contributed by atoms with E-state index in [0.717, 1.165) is 11.5 Å². The summed E-state index contributed by atoms with van der Waals surface area (Å²) in [4.78, 5) is 6.27. The SMILES string of the molecule is COc1cc(N(C)c2ccccn2)cc(OC)c1OC. The van der Waals surface area contributed by atoms with E-state index < -0.39 is 0 Å². The van der Waals surface area contributed by atoms with Crippen molar-refractivity contribution in [2.75, 3.05) is 33.3 Å². The molecule has 5 nitrogen and oxygen atoms in total. The van der Waals surface area contributed by atoms with Crippen LogP contribution in [0.15, 0.2) is 36.5 Å². The van der Waals surface area contributed by atoms with Crippen molar-refractivity contribution in [3.05, 3.63) is 36.5 Å². The summed E-state index contributed by atoms with van der Waals surface area (Å²) in [6, 6.07) is 9.53.